The molecule has 1 heterocycles. The monoisotopic (exact) mass is 345 g/mol. The summed E-state index contributed by atoms with van der Waals surface area (Å²) in [6, 6.07) is 9.22. The molecular formula is C15H16BrN5. The zero-order chi connectivity index (χ0) is 15.6. The minimum Gasteiger partial charge on any atom is -0.384 e. The predicted molar refractivity (Wildman–Crippen MR) is 87.3 cm³/mol. The Morgan fingerprint density at radius 1 is 1.24 bits per heavy atom. The molecule has 0 saturated carbocycles. The first-order chi connectivity index (χ1) is 9.79. The SMILES string of the molecule is CC(C)(C)c1nc(N)cc(Nc2ccc(Br)cc2C#N)n1. The van der Waals surface area contributed by atoms with Gasteiger partial charge in [0.2, 0.25) is 0 Å². The van der Waals surface area contributed by atoms with Gasteiger partial charge in [0, 0.05) is 16.0 Å². The Hall–Kier alpha value is -2.13. The van der Waals surface area contributed by atoms with E-state index in [2.05, 4.69) is 37.3 Å². The Balaban J connectivity index is 2.41. The van der Waals surface area contributed by atoms with E-state index < -0.39 is 0 Å². The number of nitrogens with zero attached hydrogens (tertiary/aromatic N) is 3. The van der Waals surface area contributed by atoms with Gasteiger partial charge in [-0.3, -0.25) is 0 Å². The first-order valence-electron chi connectivity index (χ1n) is 6.41. The van der Waals surface area contributed by atoms with Gasteiger partial charge in [-0.2, -0.15) is 5.26 Å². The van der Waals surface area contributed by atoms with Crippen molar-refractivity contribution >= 4 is 33.3 Å². The largest absolute Gasteiger partial charge is 0.384 e. The fourth-order valence-electron chi connectivity index (χ4n) is 1.72. The summed E-state index contributed by atoms with van der Waals surface area (Å²) >= 11 is 3.35. The van der Waals surface area contributed by atoms with Gasteiger partial charge < -0.3 is 11.1 Å². The van der Waals surface area contributed by atoms with Crippen molar-refractivity contribution in [2.45, 2.75) is 26.2 Å². The quantitative estimate of drug-likeness (QED) is 0.865. The van der Waals surface area contributed by atoms with E-state index in [1.165, 1.54) is 0 Å². The molecule has 21 heavy (non-hydrogen) atoms. The van der Waals surface area contributed by atoms with Crippen LogP contribution >= 0.6 is 15.9 Å². The van der Waals surface area contributed by atoms with Crippen LogP contribution in [0.3, 0.4) is 0 Å². The molecule has 0 spiro atoms. The van der Waals surface area contributed by atoms with Crippen LogP contribution in [0.25, 0.3) is 0 Å². The molecule has 0 saturated heterocycles. The van der Waals surface area contributed by atoms with Gasteiger partial charge in [-0.25, -0.2) is 9.97 Å². The number of anilines is 3. The molecule has 2 rings (SSSR count). The number of nitrogen functional groups attached to an aromatic ring is 1. The maximum Gasteiger partial charge on any atom is 0.138 e. The molecule has 0 fully saturated rings. The fourth-order valence-corrected chi connectivity index (χ4v) is 2.08. The highest BCUT2D eigenvalue weighted by Crippen LogP contribution is 2.26. The topological polar surface area (TPSA) is 87.6 Å². The number of hydrogen-bond acceptors (Lipinski definition) is 5. The molecule has 0 atom stereocenters. The van der Waals surface area contributed by atoms with Crippen molar-refractivity contribution in [1.82, 2.24) is 9.97 Å². The van der Waals surface area contributed by atoms with Crippen molar-refractivity contribution in [2.24, 2.45) is 0 Å². The maximum absolute atomic E-state index is 9.19. The highest BCUT2D eigenvalue weighted by molar-refractivity contribution is 9.10. The van der Waals surface area contributed by atoms with Crippen molar-refractivity contribution in [3.63, 3.8) is 0 Å². The lowest BCUT2D eigenvalue weighted by Gasteiger charge is -2.18. The van der Waals surface area contributed by atoms with Crippen molar-refractivity contribution in [3.05, 3.63) is 40.1 Å². The van der Waals surface area contributed by atoms with Crippen LogP contribution in [0.2, 0.25) is 0 Å². The Kier molecular flexibility index (Phi) is 4.14. The number of halogens is 1. The van der Waals surface area contributed by atoms with Gasteiger partial charge >= 0.3 is 0 Å². The lowest BCUT2D eigenvalue weighted by atomic mass is 9.96. The Bertz CT molecular complexity index is 713. The van der Waals surface area contributed by atoms with E-state index in [1.54, 1.807) is 12.1 Å². The molecule has 6 heteroatoms. The Morgan fingerprint density at radius 2 is 1.95 bits per heavy atom. The van der Waals surface area contributed by atoms with Gasteiger partial charge in [-0.15, -0.1) is 0 Å². The maximum atomic E-state index is 9.19. The van der Waals surface area contributed by atoms with Crippen molar-refractivity contribution in [1.29, 1.82) is 5.26 Å². The molecule has 0 bridgehead atoms. The number of nitriles is 1. The number of nitrogens with two attached hydrogens (primary N) is 1. The van der Waals surface area contributed by atoms with Gasteiger partial charge in [0.15, 0.2) is 0 Å². The van der Waals surface area contributed by atoms with Crippen molar-refractivity contribution in [2.75, 3.05) is 11.1 Å². The van der Waals surface area contributed by atoms with Gasteiger partial charge in [0.1, 0.15) is 23.5 Å². The van der Waals surface area contributed by atoms with Crippen LogP contribution in [0.4, 0.5) is 17.3 Å². The van der Waals surface area contributed by atoms with Gasteiger partial charge in [0.05, 0.1) is 11.3 Å². The molecular weight excluding hydrogens is 330 g/mol. The molecule has 0 aliphatic rings. The van der Waals surface area contributed by atoms with Gasteiger partial charge in [-0.05, 0) is 18.2 Å². The highest BCUT2D eigenvalue weighted by atomic mass is 79.9. The first-order valence-corrected chi connectivity index (χ1v) is 7.20. The summed E-state index contributed by atoms with van der Waals surface area (Å²) in [7, 11) is 0. The summed E-state index contributed by atoms with van der Waals surface area (Å²) in [5.74, 6) is 1.62. The summed E-state index contributed by atoms with van der Waals surface area (Å²) in [5.41, 5.74) is 6.84. The second kappa shape index (κ2) is 5.70. The predicted octanol–water partition coefficient (Wildman–Crippen LogP) is 3.73. The van der Waals surface area contributed by atoms with E-state index in [-0.39, 0.29) is 5.41 Å². The smallest absolute Gasteiger partial charge is 0.138 e. The molecule has 3 N–H and O–H groups in total. The molecule has 0 unspecified atom stereocenters. The van der Waals surface area contributed by atoms with Crippen LogP contribution in [0.5, 0.6) is 0 Å². The van der Waals surface area contributed by atoms with E-state index in [4.69, 9.17) is 5.73 Å². The van der Waals surface area contributed by atoms with E-state index >= 15 is 0 Å². The van der Waals surface area contributed by atoms with E-state index in [1.807, 2.05) is 32.9 Å². The van der Waals surface area contributed by atoms with Gasteiger partial charge in [0.25, 0.3) is 0 Å². The second-order valence-electron chi connectivity index (χ2n) is 5.68. The van der Waals surface area contributed by atoms with E-state index in [0.29, 0.717) is 28.7 Å². The average Bonchev–Trinajstić information content (AvgIpc) is 2.39. The third kappa shape index (κ3) is 3.70. The van der Waals surface area contributed by atoms with Crippen LogP contribution in [0, 0.1) is 11.3 Å². The zero-order valence-corrected chi connectivity index (χ0v) is 13.7. The van der Waals surface area contributed by atoms with Crippen LogP contribution in [-0.2, 0) is 5.41 Å². The lowest BCUT2D eigenvalue weighted by Crippen LogP contribution is -2.17. The Labute approximate surface area is 132 Å². The zero-order valence-electron chi connectivity index (χ0n) is 12.1. The molecule has 0 aliphatic heterocycles. The van der Waals surface area contributed by atoms with E-state index in [9.17, 15) is 5.26 Å². The summed E-state index contributed by atoms with van der Waals surface area (Å²) in [4.78, 5) is 8.73. The fraction of sp³-hybridized carbons (Fsp3) is 0.267. The molecule has 1 aromatic heterocycles. The lowest BCUT2D eigenvalue weighted by molar-refractivity contribution is 0.547. The molecule has 0 amide bonds. The first kappa shape index (κ1) is 15.3. The summed E-state index contributed by atoms with van der Waals surface area (Å²) < 4.78 is 0.849. The van der Waals surface area contributed by atoms with Crippen molar-refractivity contribution in [3.8, 4) is 6.07 Å². The third-order valence-corrected chi connectivity index (χ3v) is 3.27. The van der Waals surface area contributed by atoms with E-state index in [0.717, 1.165) is 4.47 Å². The van der Waals surface area contributed by atoms with Crippen LogP contribution in [-0.4, -0.2) is 9.97 Å². The minimum atomic E-state index is -0.205. The molecule has 5 nitrogen and oxygen atoms in total. The van der Waals surface area contributed by atoms with Crippen LogP contribution in [0.1, 0.15) is 32.2 Å². The molecule has 1 aromatic carbocycles. The number of benzene rings is 1. The summed E-state index contributed by atoms with van der Waals surface area (Å²) in [5, 5.41) is 12.3. The molecule has 0 radical (unpaired) electrons. The van der Waals surface area contributed by atoms with Crippen LogP contribution in [0.15, 0.2) is 28.7 Å². The average molecular weight is 346 g/mol. The standard InChI is InChI=1S/C15H16BrN5/c1-15(2,3)14-20-12(18)7-13(21-14)19-11-5-4-10(16)6-9(11)8-17/h4-7H,1-3H3,(H3,18,19,20,21). The molecule has 0 aliphatic carbocycles. The number of hydrogen-bond donors (Lipinski definition) is 2. The molecule has 2 aromatic rings. The van der Waals surface area contributed by atoms with Gasteiger partial charge in [-0.1, -0.05) is 36.7 Å². The van der Waals surface area contributed by atoms with Crippen LogP contribution < -0.4 is 11.1 Å². The minimum absolute atomic E-state index is 0.205. The van der Waals surface area contributed by atoms with Crippen molar-refractivity contribution < 1.29 is 0 Å². The number of rotatable bonds is 2. The molecule has 108 valence electrons. The second-order valence-corrected chi connectivity index (χ2v) is 6.59. The summed E-state index contributed by atoms with van der Waals surface area (Å²) in [6.45, 7) is 6.06. The Morgan fingerprint density at radius 3 is 2.57 bits per heavy atom. The highest BCUT2D eigenvalue weighted by Gasteiger charge is 2.19. The number of aromatic nitrogens is 2. The summed E-state index contributed by atoms with van der Waals surface area (Å²) in [6.07, 6.45) is 0. The number of nitrogens with one attached hydrogen (secondary N) is 1. The normalized spacial score (nSPS) is 11.0. The third-order valence-electron chi connectivity index (χ3n) is 2.78.